The van der Waals surface area contributed by atoms with E-state index in [1.165, 1.54) is 0 Å². The smallest absolute Gasteiger partial charge is 0.658 e. The zero-order valence-electron chi connectivity index (χ0n) is 7.60. The van der Waals surface area contributed by atoms with Gasteiger partial charge in [0.15, 0.2) is 0 Å². The molecule has 3 heteroatoms. The number of hydrogen-bond donors (Lipinski definition) is 0. The molecule has 0 aliphatic heterocycles. The topological polar surface area (TPSA) is 14.1 Å². The fraction of sp³-hybridized carbons (Fsp3) is 1.00. The van der Waals surface area contributed by atoms with Crippen molar-refractivity contribution in [3.63, 3.8) is 0 Å². The Kier molecular flexibility index (Phi) is 16.9. The second-order valence-electron chi connectivity index (χ2n) is 2.34. The summed E-state index contributed by atoms with van der Waals surface area (Å²) in [5, 5.41) is 4.28. The van der Waals surface area contributed by atoms with Crippen molar-refractivity contribution in [2.24, 2.45) is 0 Å². The minimum absolute atomic E-state index is 0. The molecule has 0 saturated carbocycles. The second kappa shape index (κ2) is 9.15. The minimum Gasteiger partial charge on any atom is -0.658 e. The summed E-state index contributed by atoms with van der Waals surface area (Å²) in [5.41, 5.74) is 0. The molecule has 0 aromatic heterocycles. The van der Waals surface area contributed by atoms with Gasteiger partial charge in [-0.15, -0.1) is 12.1 Å². The maximum absolute atomic E-state index is 4.28. The van der Waals surface area contributed by atoms with Crippen molar-refractivity contribution in [3.05, 3.63) is 5.32 Å². The molecule has 0 bridgehead atoms. The van der Waals surface area contributed by atoms with Crippen LogP contribution in [0.5, 0.6) is 0 Å². The Morgan fingerprint density at radius 1 is 0.889 bits per heavy atom. The SMILES string of the molecule is CC(C)[N-]C(C)C.[Li+].[Li]. The molecule has 9 heavy (non-hydrogen) atoms. The van der Waals surface area contributed by atoms with E-state index in [2.05, 4.69) is 33.0 Å². The molecule has 0 aliphatic rings. The van der Waals surface area contributed by atoms with Crippen LogP contribution >= 0.6 is 0 Å². The molecule has 0 rings (SSSR count). The fourth-order valence-corrected chi connectivity index (χ4v) is 0.596. The summed E-state index contributed by atoms with van der Waals surface area (Å²) >= 11 is 0. The van der Waals surface area contributed by atoms with Crippen LogP contribution in [0.15, 0.2) is 0 Å². The summed E-state index contributed by atoms with van der Waals surface area (Å²) in [6.07, 6.45) is 0. The quantitative estimate of drug-likeness (QED) is 0.400. The fourth-order valence-electron chi connectivity index (χ4n) is 0.596. The van der Waals surface area contributed by atoms with Gasteiger partial charge in [0.1, 0.15) is 0 Å². The van der Waals surface area contributed by atoms with Gasteiger partial charge in [0.05, 0.1) is 0 Å². The molecule has 0 unspecified atom stereocenters. The molecular formula is C6H14Li2N. The third-order valence-electron chi connectivity index (χ3n) is 0.596. The second-order valence-corrected chi connectivity index (χ2v) is 2.34. The molecule has 0 fully saturated rings. The molecular weight excluding hydrogens is 100.0 g/mol. The Balaban J connectivity index is -0.000000180. The van der Waals surface area contributed by atoms with E-state index in [0.29, 0.717) is 12.1 Å². The molecule has 45 valence electrons. The Bertz CT molecular complexity index is 40.3. The summed E-state index contributed by atoms with van der Waals surface area (Å²) in [6.45, 7) is 8.39. The van der Waals surface area contributed by atoms with Gasteiger partial charge in [0, 0.05) is 18.9 Å². The first-order valence-electron chi connectivity index (χ1n) is 2.83. The van der Waals surface area contributed by atoms with Gasteiger partial charge in [-0.2, -0.15) is 0 Å². The van der Waals surface area contributed by atoms with Gasteiger partial charge in [-0.05, 0) is 0 Å². The van der Waals surface area contributed by atoms with Crippen molar-refractivity contribution in [2.45, 2.75) is 39.8 Å². The van der Waals surface area contributed by atoms with Crippen molar-refractivity contribution in [2.75, 3.05) is 0 Å². The van der Waals surface area contributed by atoms with Crippen molar-refractivity contribution >= 4 is 18.9 Å². The third kappa shape index (κ3) is 17.6. The van der Waals surface area contributed by atoms with E-state index < -0.39 is 0 Å². The van der Waals surface area contributed by atoms with Crippen molar-refractivity contribution in [1.82, 2.24) is 0 Å². The van der Waals surface area contributed by atoms with Crippen LogP contribution in [0.25, 0.3) is 5.32 Å². The van der Waals surface area contributed by atoms with Crippen LogP contribution in [-0.2, 0) is 0 Å². The predicted molar refractivity (Wildman–Crippen MR) is 39.4 cm³/mol. The molecule has 0 aromatic carbocycles. The molecule has 0 N–H and O–H groups in total. The summed E-state index contributed by atoms with van der Waals surface area (Å²) in [4.78, 5) is 0. The van der Waals surface area contributed by atoms with Gasteiger partial charge in [0.2, 0.25) is 0 Å². The average molecular weight is 114 g/mol. The number of hydrogen-bond acceptors (Lipinski definition) is 0. The van der Waals surface area contributed by atoms with Crippen molar-refractivity contribution < 1.29 is 18.9 Å². The summed E-state index contributed by atoms with van der Waals surface area (Å²) in [6, 6.07) is 1.000. The summed E-state index contributed by atoms with van der Waals surface area (Å²) in [7, 11) is 0. The van der Waals surface area contributed by atoms with E-state index in [1.54, 1.807) is 0 Å². The molecule has 0 amide bonds. The largest absolute Gasteiger partial charge is 1.00 e. The van der Waals surface area contributed by atoms with Crippen LogP contribution in [0, 0.1) is 0 Å². The summed E-state index contributed by atoms with van der Waals surface area (Å²) in [5.74, 6) is 0. The zero-order valence-corrected chi connectivity index (χ0v) is 7.60. The Morgan fingerprint density at radius 2 is 1.11 bits per heavy atom. The van der Waals surface area contributed by atoms with Gasteiger partial charge in [-0.1, -0.05) is 27.7 Å². The normalized spacial score (nSPS) is 8.67. The van der Waals surface area contributed by atoms with Crippen LogP contribution in [0.1, 0.15) is 27.7 Å². The molecule has 0 heterocycles. The van der Waals surface area contributed by atoms with E-state index in [0.717, 1.165) is 0 Å². The Morgan fingerprint density at radius 3 is 1.11 bits per heavy atom. The first kappa shape index (κ1) is 16.6. The van der Waals surface area contributed by atoms with Gasteiger partial charge in [-0.25, -0.2) is 0 Å². The van der Waals surface area contributed by atoms with Crippen LogP contribution in [-0.4, -0.2) is 30.9 Å². The van der Waals surface area contributed by atoms with E-state index in [9.17, 15) is 0 Å². The van der Waals surface area contributed by atoms with Gasteiger partial charge in [-0.3, -0.25) is 0 Å². The number of rotatable bonds is 2. The monoisotopic (exact) mass is 114 g/mol. The van der Waals surface area contributed by atoms with E-state index >= 15 is 0 Å². The van der Waals surface area contributed by atoms with Crippen LogP contribution in [0.4, 0.5) is 0 Å². The number of nitrogens with zero attached hydrogens (tertiary/aromatic N) is 1. The molecule has 1 nitrogen and oxygen atoms in total. The molecule has 0 atom stereocenters. The first-order valence-corrected chi connectivity index (χ1v) is 2.83. The van der Waals surface area contributed by atoms with Crippen LogP contribution < -0.4 is 18.9 Å². The first-order chi connectivity index (χ1) is 3.13. The molecule has 1 radical (unpaired) electrons. The van der Waals surface area contributed by atoms with Crippen molar-refractivity contribution in [1.29, 1.82) is 0 Å². The summed E-state index contributed by atoms with van der Waals surface area (Å²) < 4.78 is 0. The zero-order chi connectivity index (χ0) is 5.86. The predicted octanol–water partition coefficient (Wildman–Crippen LogP) is -1.20. The molecule has 0 spiro atoms. The molecule has 0 saturated heterocycles. The van der Waals surface area contributed by atoms with Crippen molar-refractivity contribution in [3.8, 4) is 0 Å². The van der Waals surface area contributed by atoms with Gasteiger partial charge >= 0.3 is 18.9 Å². The van der Waals surface area contributed by atoms with E-state index in [-0.39, 0.29) is 37.7 Å². The van der Waals surface area contributed by atoms with E-state index in [1.807, 2.05) is 0 Å². The van der Waals surface area contributed by atoms with Crippen LogP contribution in [0.3, 0.4) is 0 Å². The Hall–Kier alpha value is 1.15. The average Bonchev–Trinajstić information content (AvgIpc) is 1.27. The third-order valence-corrected chi connectivity index (χ3v) is 0.596. The standard InChI is InChI=1S/C6H14N.2Li/c1-5(2)7-6(3)4;;/h5-6H,1-4H3;;/q-1;;+1. The van der Waals surface area contributed by atoms with E-state index in [4.69, 9.17) is 0 Å². The van der Waals surface area contributed by atoms with Gasteiger partial charge < -0.3 is 5.32 Å². The maximum Gasteiger partial charge on any atom is 1.00 e. The maximum atomic E-state index is 4.28. The minimum atomic E-state index is 0. The van der Waals surface area contributed by atoms with Gasteiger partial charge in [0.25, 0.3) is 0 Å². The van der Waals surface area contributed by atoms with Crippen LogP contribution in [0.2, 0.25) is 0 Å². The molecule has 0 aromatic rings. The molecule has 0 aliphatic carbocycles. The Labute approximate surface area is 82.7 Å².